The SMILES string of the molecule is CN1CC(=O)N(CC(=O)N2CCCC2)C1=O. The van der Waals surface area contributed by atoms with Crippen LogP contribution in [0.2, 0.25) is 0 Å². The Bertz CT molecular complexity index is 336. The molecule has 6 nitrogen and oxygen atoms in total. The van der Waals surface area contributed by atoms with Crippen LogP contribution in [-0.4, -0.2) is 65.8 Å². The van der Waals surface area contributed by atoms with Gasteiger partial charge in [-0.3, -0.25) is 14.5 Å². The summed E-state index contributed by atoms with van der Waals surface area (Å²) < 4.78 is 0. The van der Waals surface area contributed by atoms with Crippen molar-refractivity contribution in [3.63, 3.8) is 0 Å². The highest BCUT2D eigenvalue weighted by Gasteiger charge is 2.35. The number of nitrogens with zero attached hydrogens (tertiary/aromatic N) is 3. The largest absolute Gasteiger partial charge is 0.341 e. The van der Waals surface area contributed by atoms with E-state index in [2.05, 4.69) is 0 Å². The average molecular weight is 225 g/mol. The zero-order valence-electron chi connectivity index (χ0n) is 9.31. The highest BCUT2D eigenvalue weighted by atomic mass is 16.2. The number of carbonyl (C=O) groups is 3. The summed E-state index contributed by atoms with van der Waals surface area (Å²) in [5.41, 5.74) is 0. The Morgan fingerprint density at radius 3 is 2.38 bits per heavy atom. The van der Waals surface area contributed by atoms with E-state index < -0.39 is 0 Å². The van der Waals surface area contributed by atoms with Crippen molar-refractivity contribution >= 4 is 17.8 Å². The van der Waals surface area contributed by atoms with E-state index in [4.69, 9.17) is 0 Å². The first-order valence-electron chi connectivity index (χ1n) is 5.43. The number of carbonyl (C=O) groups excluding carboxylic acids is 3. The summed E-state index contributed by atoms with van der Waals surface area (Å²) in [5.74, 6) is -0.422. The van der Waals surface area contributed by atoms with Crippen molar-refractivity contribution in [1.82, 2.24) is 14.7 Å². The van der Waals surface area contributed by atoms with Gasteiger partial charge in [0.2, 0.25) is 5.91 Å². The fraction of sp³-hybridized carbons (Fsp3) is 0.700. The smallest absolute Gasteiger partial charge is 0.327 e. The number of rotatable bonds is 2. The monoisotopic (exact) mass is 225 g/mol. The Labute approximate surface area is 93.8 Å². The Balaban J connectivity index is 1.96. The maximum absolute atomic E-state index is 11.8. The Morgan fingerprint density at radius 1 is 1.25 bits per heavy atom. The lowest BCUT2D eigenvalue weighted by Crippen LogP contribution is -2.42. The molecule has 2 aliphatic heterocycles. The third kappa shape index (κ3) is 1.87. The van der Waals surface area contributed by atoms with Gasteiger partial charge in [-0.05, 0) is 12.8 Å². The van der Waals surface area contributed by atoms with Crippen LogP contribution in [0, 0.1) is 0 Å². The van der Waals surface area contributed by atoms with Crippen molar-refractivity contribution in [2.75, 3.05) is 33.2 Å². The highest BCUT2D eigenvalue weighted by Crippen LogP contribution is 2.11. The van der Waals surface area contributed by atoms with Crippen LogP contribution in [0.4, 0.5) is 4.79 Å². The Kier molecular flexibility index (Phi) is 2.80. The number of hydrogen-bond donors (Lipinski definition) is 0. The van der Waals surface area contributed by atoms with E-state index in [0.717, 1.165) is 30.8 Å². The molecule has 0 aromatic carbocycles. The van der Waals surface area contributed by atoms with Gasteiger partial charge in [0.25, 0.3) is 5.91 Å². The molecule has 0 saturated carbocycles. The molecular weight excluding hydrogens is 210 g/mol. The topological polar surface area (TPSA) is 60.9 Å². The van der Waals surface area contributed by atoms with Gasteiger partial charge in [0.15, 0.2) is 0 Å². The van der Waals surface area contributed by atoms with Crippen molar-refractivity contribution in [3.8, 4) is 0 Å². The number of hydrogen-bond acceptors (Lipinski definition) is 3. The Hall–Kier alpha value is -1.59. The summed E-state index contributed by atoms with van der Waals surface area (Å²) in [6.07, 6.45) is 2.01. The third-order valence-corrected chi connectivity index (χ3v) is 2.98. The quantitative estimate of drug-likeness (QED) is 0.595. The number of amides is 4. The van der Waals surface area contributed by atoms with E-state index in [1.165, 1.54) is 4.90 Å². The number of likely N-dealkylation sites (N-methyl/N-ethyl adjacent to an activating group) is 1. The summed E-state index contributed by atoms with van der Waals surface area (Å²) in [4.78, 5) is 38.8. The first-order valence-corrected chi connectivity index (χ1v) is 5.43. The second-order valence-electron chi connectivity index (χ2n) is 4.21. The molecule has 2 saturated heterocycles. The third-order valence-electron chi connectivity index (χ3n) is 2.98. The fourth-order valence-electron chi connectivity index (χ4n) is 2.03. The second kappa shape index (κ2) is 4.11. The van der Waals surface area contributed by atoms with Crippen LogP contribution in [0.25, 0.3) is 0 Å². The molecule has 0 spiro atoms. The van der Waals surface area contributed by atoms with Crippen molar-refractivity contribution in [1.29, 1.82) is 0 Å². The fourth-order valence-corrected chi connectivity index (χ4v) is 2.03. The lowest BCUT2D eigenvalue weighted by molar-refractivity contribution is -0.135. The van der Waals surface area contributed by atoms with Gasteiger partial charge in [-0.15, -0.1) is 0 Å². The molecule has 0 aromatic rings. The van der Waals surface area contributed by atoms with E-state index in [9.17, 15) is 14.4 Å². The molecule has 0 radical (unpaired) electrons. The van der Waals surface area contributed by atoms with Gasteiger partial charge in [0.05, 0.1) is 0 Å². The van der Waals surface area contributed by atoms with Crippen molar-refractivity contribution in [3.05, 3.63) is 0 Å². The maximum atomic E-state index is 11.8. The zero-order valence-corrected chi connectivity index (χ0v) is 9.31. The molecule has 0 aromatic heterocycles. The first kappa shape index (κ1) is 10.9. The molecule has 2 rings (SSSR count). The second-order valence-corrected chi connectivity index (χ2v) is 4.21. The molecule has 0 aliphatic carbocycles. The van der Waals surface area contributed by atoms with E-state index >= 15 is 0 Å². The van der Waals surface area contributed by atoms with Crippen LogP contribution in [0.5, 0.6) is 0 Å². The van der Waals surface area contributed by atoms with E-state index in [-0.39, 0.29) is 30.9 Å². The maximum Gasteiger partial charge on any atom is 0.327 e. The van der Waals surface area contributed by atoms with Crippen molar-refractivity contribution in [2.45, 2.75) is 12.8 Å². The molecule has 2 fully saturated rings. The van der Waals surface area contributed by atoms with Crippen LogP contribution in [0.1, 0.15) is 12.8 Å². The molecule has 16 heavy (non-hydrogen) atoms. The molecule has 88 valence electrons. The van der Waals surface area contributed by atoms with Crippen LogP contribution < -0.4 is 0 Å². The van der Waals surface area contributed by atoms with Crippen LogP contribution >= 0.6 is 0 Å². The molecule has 0 unspecified atom stereocenters. The average Bonchev–Trinajstić information content (AvgIpc) is 2.83. The van der Waals surface area contributed by atoms with Crippen molar-refractivity contribution in [2.24, 2.45) is 0 Å². The minimum atomic E-state index is -0.377. The zero-order chi connectivity index (χ0) is 11.7. The van der Waals surface area contributed by atoms with E-state index in [0.29, 0.717) is 0 Å². The van der Waals surface area contributed by atoms with Gasteiger partial charge in [-0.1, -0.05) is 0 Å². The van der Waals surface area contributed by atoms with Gasteiger partial charge < -0.3 is 9.80 Å². The summed E-state index contributed by atoms with van der Waals surface area (Å²) in [6.45, 7) is 1.45. The summed E-state index contributed by atoms with van der Waals surface area (Å²) >= 11 is 0. The lowest BCUT2D eigenvalue weighted by Gasteiger charge is -2.19. The molecule has 2 aliphatic rings. The number of likely N-dealkylation sites (tertiary alicyclic amines) is 1. The van der Waals surface area contributed by atoms with Gasteiger partial charge in [0.1, 0.15) is 13.1 Å². The van der Waals surface area contributed by atoms with Gasteiger partial charge in [0, 0.05) is 20.1 Å². The van der Waals surface area contributed by atoms with Crippen molar-refractivity contribution < 1.29 is 14.4 Å². The molecule has 2 heterocycles. The van der Waals surface area contributed by atoms with Gasteiger partial charge in [-0.2, -0.15) is 0 Å². The number of urea groups is 1. The highest BCUT2D eigenvalue weighted by molar-refractivity contribution is 6.04. The lowest BCUT2D eigenvalue weighted by atomic mass is 10.4. The minimum Gasteiger partial charge on any atom is -0.341 e. The normalized spacial score (nSPS) is 21.2. The van der Waals surface area contributed by atoms with Gasteiger partial charge in [-0.25, -0.2) is 4.79 Å². The molecule has 6 heteroatoms. The summed E-state index contributed by atoms with van der Waals surface area (Å²) in [5, 5.41) is 0. The minimum absolute atomic E-state index is 0.0755. The van der Waals surface area contributed by atoms with Crippen LogP contribution in [-0.2, 0) is 9.59 Å². The Morgan fingerprint density at radius 2 is 1.88 bits per heavy atom. The van der Waals surface area contributed by atoms with Crippen LogP contribution in [0.15, 0.2) is 0 Å². The molecule has 0 atom stereocenters. The predicted octanol–water partition coefficient (Wildman–Crippen LogP) is -0.497. The molecule has 0 bridgehead atoms. The number of imide groups is 1. The molecule has 4 amide bonds. The molecule has 0 N–H and O–H groups in total. The van der Waals surface area contributed by atoms with Crippen LogP contribution in [0.3, 0.4) is 0 Å². The van der Waals surface area contributed by atoms with E-state index in [1.54, 1.807) is 11.9 Å². The predicted molar refractivity (Wildman–Crippen MR) is 55.6 cm³/mol. The first-order chi connectivity index (χ1) is 7.59. The molecular formula is C10H15N3O3. The van der Waals surface area contributed by atoms with E-state index in [1.807, 2.05) is 0 Å². The van der Waals surface area contributed by atoms with Gasteiger partial charge >= 0.3 is 6.03 Å². The summed E-state index contributed by atoms with van der Waals surface area (Å²) in [6, 6.07) is -0.377. The summed E-state index contributed by atoms with van der Waals surface area (Å²) in [7, 11) is 1.56. The standard InChI is InChI=1S/C10H15N3O3/c1-11-6-9(15)13(10(11)16)7-8(14)12-4-2-3-5-12/h2-7H2,1H3.